The summed E-state index contributed by atoms with van der Waals surface area (Å²) < 4.78 is 4.93. The molecular formula is C19H24ClN3O3. The number of aromatic nitrogens is 1. The van der Waals surface area contributed by atoms with E-state index in [1.54, 1.807) is 42.2 Å². The Hall–Kier alpha value is -2.34. The van der Waals surface area contributed by atoms with Crippen molar-refractivity contribution >= 4 is 29.2 Å². The van der Waals surface area contributed by atoms with E-state index in [4.69, 9.17) is 16.1 Å². The van der Waals surface area contributed by atoms with Crippen molar-refractivity contribution in [2.45, 2.75) is 39.5 Å². The van der Waals surface area contributed by atoms with Crippen LogP contribution in [-0.2, 0) is 4.79 Å². The van der Waals surface area contributed by atoms with Crippen LogP contribution in [-0.4, -0.2) is 35.0 Å². The third-order valence-corrected chi connectivity index (χ3v) is 4.11. The highest BCUT2D eigenvalue weighted by Gasteiger charge is 2.19. The molecule has 0 aliphatic heterocycles. The molecule has 1 aromatic carbocycles. The summed E-state index contributed by atoms with van der Waals surface area (Å²) in [4.78, 5) is 26.7. The van der Waals surface area contributed by atoms with Crippen molar-refractivity contribution in [2.24, 2.45) is 0 Å². The van der Waals surface area contributed by atoms with E-state index in [-0.39, 0.29) is 18.4 Å². The van der Waals surface area contributed by atoms with E-state index in [9.17, 15) is 9.59 Å². The van der Waals surface area contributed by atoms with Crippen molar-refractivity contribution in [1.82, 2.24) is 10.1 Å². The van der Waals surface area contributed by atoms with Gasteiger partial charge in [-0.2, -0.15) is 0 Å². The summed E-state index contributed by atoms with van der Waals surface area (Å²) in [5.41, 5.74) is 0.470. The van der Waals surface area contributed by atoms with Crippen LogP contribution in [0.3, 0.4) is 0 Å². The average molecular weight is 378 g/mol. The van der Waals surface area contributed by atoms with Crippen LogP contribution in [0.2, 0.25) is 5.02 Å². The molecule has 0 saturated carbocycles. The van der Waals surface area contributed by atoms with Gasteiger partial charge in [-0.1, -0.05) is 49.0 Å². The molecule has 140 valence electrons. The lowest BCUT2D eigenvalue weighted by atomic mass is 10.1. The maximum absolute atomic E-state index is 12.8. The van der Waals surface area contributed by atoms with E-state index in [1.807, 2.05) is 0 Å². The zero-order chi connectivity index (χ0) is 18.9. The van der Waals surface area contributed by atoms with Crippen LogP contribution in [0.4, 0.5) is 5.82 Å². The summed E-state index contributed by atoms with van der Waals surface area (Å²) in [6.07, 6.45) is 4.06. The molecule has 0 radical (unpaired) electrons. The summed E-state index contributed by atoms with van der Waals surface area (Å²) in [5, 5.41) is 6.88. The molecule has 0 saturated heterocycles. The average Bonchev–Trinajstić information content (AvgIpc) is 3.01. The normalized spacial score (nSPS) is 10.6. The van der Waals surface area contributed by atoms with E-state index in [0.29, 0.717) is 28.7 Å². The minimum atomic E-state index is -0.316. The molecule has 2 amide bonds. The van der Waals surface area contributed by atoms with Gasteiger partial charge < -0.3 is 14.7 Å². The zero-order valence-corrected chi connectivity index (χ0v) is 15.9. The first-order valence-corrected chi connectivity index (χ1v) is 9.15. The number of carbonyl (C=O) groups excluding carboxylic acids is 2. The van der Waals surface area contributed by atoms with Gasteiger partial charge in [0.15, 0.2) is 5.82 Å². The molecule has 0 unspecified atom stereocenters. The van der Waals surface area contributed by atoms with Gasteiger partial charge in [0.2, 0.25) is 5.91 Å². The first-order valence-electron chi connectivity index (χ1n) is 8.77. The number of anilines is 1. The standard InChI is InChI=1S/C19H24ClN3O3/c1-3-4-5-6-10-23(19(25)15-8-7-9-16(20)12-15)13-18(24)21-17-11-14(2)26-22-17/h7-9,11-12H,3-6,10,13H2,1-2H3,(H,21,22,24). The quantitative estimate of drug-likeness (QED) is 0.661. The van der Waals surface area contributed by atoms with Crippen LogP contribution in [0.25, 0.3) is 0 Å². The molecular weight excluding hydrogens is 354 g/mol. The van der Waals surface area contributed by atoms with Crippen LogP contribution in [0.5, 0.6) is 0 Å². The van der Waals surface area contributed by atoms with Gasteiger partial charge in [-0.15, -0.1) is 0 Å². The van der Waals surface area contributed by atoms with Gasteiger partial charge in [-0.3, -0.25) is 9.59 Å². The number of hydrogen-bond donors (Lipinski definition) is 1. The van der Waals surface area contributed by atoms with Crippen molar-refractivity contribution in [1.29, 1.82) is 0 Å². The van der Waals surface area contributed by atoms with Crippen molar-refractivity contribution in [3.8, 4) is 0 Å². The molecule has 1 heterocycles. The predicted molar refractivity (Wildman–Crippen MR) is 101 cm³/mol. The summed E-state index contributed by atoms with van der Waals surface area (Å²) in [6.45, 7) is 4.33. The van der Waals surface area contributed by atoms with Crippen molar-refractivity contribution in [3.05, 3.63) is 46.7 Å². The number of aryl methyl sites for hydroxylation is 1. The first-order chi connectivity index (χ1) is 12.5. The van der Waals surface area contributed by atoms with Gasteiger partial charge in [-0.25, -0.2) is 0 Å². The molecule has 26 heavy (non-hydrogen) atoms. The summed E-state index contributed by atoms with van der Waals surface area (Å²) in [6, 6.07) is 8.38. The van der Waals surface area contributed by atoms with Crippen LogP contribution in [0.15, 0.2) is 34.9 Å². The molecule has 0 aliphatic rings. The van der Waals surface area contributed by atoms with E-state index in [2.05, 4.69) is 17.4 Å². The molecule has 0 fully saturated rings. The number of rotatable bonds is 9. The van der Waals surface area contributed by atoms with Gasteiger partial charge in [-0.05, 0) is 31.5 Å². The summed E-state index contributed by atoms with van der Waals surface area (Å²) >= 11 is 5.99. The second kappa shape index (κ2) is 9.97. The smallest absolute Gasteiger partial charge is 0.254 e. The largest absolute Gasteiger partial charge is 0.360 e. The van der Waals surface area contributed by atoms with Crippen LogP contribution >= 0.6 is 11.6 Å². The number of halogens is 1. The number of unbranched alkanes of at least 4 members (excludes halogenated alkanes) is 3. The molecule has 2 aromatic rings. The number of benzene rings is 1. The molecule has 0 spiro atoms. The Labute approximate surface area is 158 Å². The number of carbonyl (C=O) groups is 2. The summed E-state index contributed by atoms with van der Waals surface area (Å²) in [7, 11) is 0. The zero-order valence-electron chi connectivity index (χ0n) is 15.1. The second-order valence-electron chi connectivity index (χ2n) is 6.17. The summed E-state index contributed by atoms with van der Waals surface area (Å²) in [5.74, 6) is 0.417. The van der Waals surface area contributed by atoms with Gasteiger partial charge in [0, 0.05) is 23.2 Å². The SMILES string of the molecule is CCCCCCN(CC(=O)Nc1cc(C)on1)C(=O)c1cccc(Cl)c1. The molecule has 2 rings (SSSR count). The monoisotopic (exact) mass is 377 g/mol. The lowest BCUT2D eigenvalue weighted by molar-refractivity contribution is -0.117. The third kappa shape index (κ3) is 6.19. The fourth-order valence-electron chi connectivity index (χ4n) is 2.57. The molecule has 0 bridgehead atoms. The minimum absolute atomic E-state index is 0.0522. The van der Waals surface area contributed by atoms with Crippen molar-refractivity contribution in [3.63, 3.8) is 0 Å². The molecule has 0 atom stereocenters. The maximum Gasteiger partial charge on any atom is 0.254 e. The van der Waals surface area contributed by atoms with Gasteiger partial charge in [0.25, 0.3) is 5.91 Å². The Balaban J connectivity index is 2.04. The fraction of sp³-hybridized carbons (Fsp3) is 0.421. The highest BCUT2D eigenvalue weighted by molar-refractivity contribution is 6.31. The first kappa shape index (κ1) is 20.0. The van der Waals surface area contributed by atoms with E-state index >= 15 is 0 Å². The highest BCUT2D eigenvalue weighted by Crippen LogP contribution is 2.14. The number of amides is 2. The number of nitrogens with zero attached hydrogens (tertiary/aromatic N) is 2. The van der Waals surface area contributed by atoms with E-state index in [1.165, 1.54) is 0 Å². The van der Waals surface area contributed by atoms with Crippen LogP contribution in [0.1, 0.15) is 48.7 Å². The lowest BCUT2D eigenvalue weighted by Gasteiger charge is -2.22. The molecule has 0 aliphatic carbocycles. The van der Waals surface area contributed by atoms with Gasteiger partial charge in [0.05, 0.1) is 0 Å². The Morgan fingerprint density at radius 3 is 2.69 bits per heavy atom. The maximum atomic E-state index is 12.8. The Morgan fingerprint density at radius 1 is 1.23 bits per heavy atom. The lowest BCUT2D eigenvalue weighted by Crippen LogP contribution is -2.38. The Kier molecular flexibility index (Phi) is 7.66. The van der Waals surface area contributed by atoms with Crippen LogP contribution in [0, 0.1) is 6.92 Å². The number of nitrogens with one attached hydrogen (secondary N) is 1. The molecule has 7 heteroatoms. The van der Waals surface area contributed by atoms with Crippen molar-refractivity contribution in [2.75, 3.05) is 18.4 Å². The molecule has 6 nitrogen and oxygen atoms in total. The fourth-order valence-corrected chi connectivity index (χ4v) is 2.76. The third-order valence-electron chi connectivity index (χ3n) is 3.87. The van der Waals surface area contributed by atoms with Crippen LogP contribution < -0.4 is 5.32 Å². The molecule has 1 N–H and O–H groups in total. The van der Waals surface area contributed by atoms with E-state index < -0.39 is 0 Å². The topological polar surface area (TPSA) is 75.4 Å². The number of hydrogen-bond acceptors (Lipinski definition) is 4. The highest BCUT2D eigenvalue weighted by atomic mass is 35.5. The van der Waals surface area contributed by atoms with Gasteiger partial charge in [0.1, 0.15) is 12.3 Å². The molecule has 1 aromatic heterocycles. The van der Waals surface area contributed by atoms with E-state index in [0.717, 1.165) is 25.7 Å². The minimum Gasteiger partial charge on any atom is -0.360 e. The predicted octanol–water partition coefficient (Wildman–Crippen LogP) is 4.30. The van der Waals surface area contributed by atoms with Crippen molar-refractivity contribution < 1.29 is 14.1 Å². The second-order valence-corrected chi connectivity index (χ2v) is 6.61. The van der Waals surface area contributed by atoms with Gasteiger partial charge >= 0.3 is 0 Å². The Morgan fingerprint density at radius 2 is 2.04 bits per heavy atom. The Bertz CT molecular complexity index is 745.